The number of aryl methyl sites for hydroxylation is 2. The summed E-state index contributed by atoms with van der Waals surface area (Å²) in [7, 11) is 0. The Kier molecular flexibility index (Phi) is 6.27. The third-order valence-electron chi connectivity index (χ3n) is 6.01. The van der Waals surface area contributed by atoms with Crippen LogP contribution in [0.25, 0.3) is 16.7 Å². The molecule has 5 aromatic rings. The Morgan fingerprint density at radius 3 is 2.32 bits per heavy atom. The van der Waals surface area contributed by atoms with Gasteiger partial charge in [-0.1, -0.05) is 35.9 Å². The molecule has 9 nitrogen and oxygen atoms in total. The van der Waals surface area contributed by atoms with Crippen molar-refractivity contribution in [1.29, 1.82) is 0 Å². The van der Waals surface area contributed by atoms with Crippen LogP contribution in [0, 0.1) is 13.8 Å². The molecule has 186 valence electrons. The Morgan fingerprint density at radius 1 is 0.919 bits per heavy atom. The zero-order valence-electron chi connectivity index (χ0n) is 20.7. The highest BCUT2D eigenvalue weighted by molar-refractivity contribution is 6.02. The lowest BCUT2D eigenvalue weighted by molar-refractivity contribution is 0.0526. The second-order valence-corrected chi connectivity index (χ2v) is 8.79. The zero-order chi connectivity index (χ0) is 26.1. The maximum Gasteiger partial charge on any atom is 0.338 e. The monoisotopic (exact) mass is 495 g/mol. The van der Waals surface area contributed by atoms with E-state index in [1.165, 1.54) is 4.52 Å². The molecular formula is C28H25N5O4. The number of aromatic nitrogens is 4. The van der Waals surface area contributed by atoms with Crippen molar-refractivity contribution in [3.63, 3.8) is 0 Å². The number of carbonyl (C=O) groups excluding carboxylic acids is 2. The van der Waals surface area contributed by atoms with Crippen molar-refractivity contribution in [2.24, 2.45) is 0 Å². The van der Waals surface area contributed by atoms with Gasteiger partial charge in [-0.05, 0) is 68.3 Å². The highest BCUT2D eigenvalue weighted by Gasteiger charge is 2.20. The molecule has 5 rings (SSSR count). The van der Waals surface area contributed by atoms with E-state index in [4.69, 9.17) is 4.74 Å². The maximum absolute atomic E-state index is 13.5. The Morgan fingerprint density at radius 2 is 1.62 bits per heavy atom. The maximum atomic E-state index is 13.5. The van der Waals surface area contributed by atoms with Gasteiger partial charge in [0.2, 0.25) is 11.5 Å². The van der Waals surface area contributed by atoms with Crippen LogP contribution in [0.15, 0.2) is 71.5 Å². The van der Waals surface area contributed by atoms with E-state index in [1.807, 2.05) is 56.3 Å². The van der Waals surface area contributed by atoms with Gasteiger partial charge < -0.3 is 10.1 Å². The summed E-state index contributed by atoms with van der Waals surface area (Å²) < 4.78 is 8.05. The number of esters is 1. The van der Waals surface area contributed by atoms with Crippen LogP contribution in [-0.4, -0.2) is 37.6 Å². The number of rotatable bonds is 6. The van der Waals surface area contributed by atoms with Crippen molar-refractivity contribution in [3.05, 3.63) is 105 Å². The topological polar surface area (TPSA) is 108 Å². The number of amides is 1. The largest absolute Gasteiger partial charge is 0.462 e. The Bertz CT molecular complexity index is 1700. The van der Waals surface area contributed by atoms with Crippen LogP contribution in [0.2, 0.25) is 0 Å². The number of ether oxygens (including phenoxy) is 1. The highest BCUT2D eigenvalue weighted by atomic mass is 16.5. The van der Waals surface area contributed by atoms with E-state index in [0.29, 0.717) is 28.8 Å². The number of hydrogen-bond donors (Lipinski definition) is 1. The first-order valence-corrected chi connectivity index (χ1v) is 11.9. The lowest BCUT2D eigenvalue weighted by atomic mass is 10.1. The van der Waals surface area contributed by atoms with Crippen LogP contribution in [-0.2, 0) is 11.3 Å². The minimum atomic E-state index is -0.572. The van der Waals surface area contributed by atoms with Gasteiger partial charge in [-0.2, -0.15) is 4.98 Å². The van der Waals surface area contributed by atoms with Gasteiger partial charge in [0.25, 0.3) is 11.5 Å². The van der Waals surface area contributed by atoms with Crippen molar-refractivity contribution < 1.29 is 14.3 Å². The summed E-state index contributed by atoms with van der Waals surface area (Å²) in [4.78, 5) is 42.7. The molecule has 0 spiro atoms. The molecule has 2 aromatic heterocycles. The average Bonchev–Trinajstić information content (AvgIpc) is 3.34. The molecule has 1 amide bonds. The zero-order valence-corrected chi connectivity index (χ0v) is 20.7. The number of hydrogen-bond acceptors (Lipinski definition) is 6. The molecule has 0 atom stereocenters. The quantitative estimate of drug-likeness (QED) is 0.355. The predicted octanol–water partition coefficient (Wildman–Crippen LogP) is 4.14. The van der Waals surface area contributed by atoms with Gasteiger partial charge in [0, 0.05) is 5.69 Å². The van der Waals surface area contributed by atoms with Crippen molar-refractivity contribution in [3.8, 4) is 0 Å². The van der Waals surface area contributed by atoms with E-state index in [9.17, 15) is 14.4 Å². The van der Waals surface area contributed by atoms with Gasteiger partial charge in [-0.3, -0.25) is 14.2 Å². The standard InChI is InChI=1S/C28H25N5O4/c1-4-37-28(36)20-10-12-21(13-11-20)29-26(34)24-30-25-27(35)32(16-19-8-5-17(2)6-9-19)23-15-18(3)7-14-22(23)33(25)31-24/h5-15H,4,16H2,1-3H3,(H,29,34). The van der Waals surface area contributed by atoms with E-state index in [-0.39, 0.29) is 23.6 Å². The fraction of sp³-hybridized carbons (Fsp3) is 0.179. The Hall–Kier alpha value is -4.79. The number of anilines is 1. The van der Waals surface area contributed by atoms with Crippen molar-refractivity contribution in [1.82, 2.24) is 19.2 Å². The normalized spacial score (nSPS) is 11.1. The molecule has 0 fully saturated rings. The Balaban J connectivity index is 1.52. The van der Waals surface area contributed by atoms with Crippen LogP contribution in [0.1, 0.15) is 44.6 Å². The first-order chi connectivity index (χ1) is 17.8. The van der Waals surface area contributed by atoms with Gasteiger partial charge in [0.05, 0.1) is 29.7 Å². The summed E-state index contributed by atoms with van der Waals surface area (Å²) in [6, 6.07) is 20.0. The number of nitrogens with one attached hydrogen (secondary N) is 1. The molecule has 2 heterocycles. The second-order valence-electron chi connectivity index (χ2n) is 8.79. The van der Waals surface area contributed by atoms with Gasteiger partial charge in [-0.25, -0.2) is 9.31 Å². The lowest BCUT2D eigenvalue weighted by Gasteiger charge is -2.12. The number of carbonyl (C=O) groups is 2. The minimum Gasteiger partial charge on any atom is -0.462 e. The molecule has 0 aliphatic rings. The summed E-state index contributed by atoms with van der Waals surface area (Å²) in [6.07, 6.45) is 0. The predicted molar refractivity (Wildman–Crippen MR) is 140 cm³/mol. The summed E-state index contributed by atoms with van der Waals surface area (Å²) in [5.74, 6) is -1.15. The molecule has 0 saturated heterocycles. The molecule has 0 aliphatic carbocycles. The molecule has 0 aliphatic heterocycles. The third-order valence-corrected chi connectivity index (χ3v) is 6.01. The van der Waals surface area contributed by atoms with Crippen LogP contribution in [0.3, 0.4) is 0 Å². The molecule has 9 heteroatoms. The smallest absolute Gasteiger partial charge is 0.338 e. The van der Waals surface area contributed by atoms with E-state index >= 15 is 0 Å². The molecule has 0 radical (unpaired) electrons. The summed E-state index contributed by atoms with van der Waals surface area (Å²) in [5.41, 5.74) is 5.01. The molecule has 0 unspecified atom stereocenters. The number of fused-ring (bicyclic) bond motifs is 3. The molecule has 3 aromatic carbocycles. The minimum absolute atomic E-state index is 0.0614. The first kappa shape index (κ1) is 23.9. The van der Waals surface area contributed by atoms with Gasteiger partial charge in [0.1, 0.15) is 0 Å². The summed E-state index contributed by atoms with van der Waals surface area (Å²) in [6.45, 7) is 6.33. The van der Waals surface area contributed by atoms with Crippen LogP contribution in [0.5, 0.6) is 0 Å². The second kappa shape index (κ2) is 9.69. The van der Waals surface area contributed by atoms with Crippen molar-refractivity contribution >= 4 is 34.2 Å². The molecular weight excluding hydrogens is 470 g/mol. The van der Waals surface area contributed by atoms with E-state index in [0.717, 1.165) is 16.7 Å². The van der Waals surface area contributed by atoms with E-state index < -0.39 is 11.9 Å². The van der Waals surface area contributed by atoms with Gasteiger partial charge >= 0.3 is 5.97 Å². The average molecular weight is 496 g/mol. The number of nitrogens with zero attached hydrogens (tertiary/aromatic N) is 4. The van der Waals surface area contributed by atoms with Gasteiger partial charge in [-0.15, -0.1) is 5.10 Å². The SMILES string of the molecule is CCOC(=O)c1ccc(NC(=O)c2nc3c(=O)n(Cc4ccc(C)cc4)c4cc(C)ccc4n3n2)cc1. The van der Waals surface area contributed by atoms with Gasteiger partial charge in [0.15, 0.2) is 0 Å². The summed E-state index contributed by atoms with van der Waals surface area (Å²) >= 11 is 0. The van der Waals surface area contributed by atoms with Crippen LogP contribution in [0.4, 0.5) is 5.69 Å². The van der Waals surface area contributed by atoms with E-state index in [2.05, 4.69) is 15.4 Å². The number of benzene rings is 3. The van der Waals surface area contributed by atoms with Crippen molar-refractivity contribution in [2.45, 2.75) is 27.3 Å². The van der Waals surface area contributed by atoms with Crippen LogP contribution < -0.4 is 10.9 Å². The van der Waals surface area contributed by atoms with Crippen LogP contribution >= 0.6 is 0 Å². The van der Waals surface area contributed by atoms with Crippen molar-refractivity contribution in [2.75, 3.05) is 11.9 Å². The highest BCUT2D eigenvalue weighted by Crippen LogP contribution is 2.18. The van der Waals surface area contributed by atoms with E-state index in [1.54, 1.807) is 35.8 Å². The summed E-state index contributed by atoms with van der Waals surface area (Å²) in [5, 5.41) is 7.08. The first-order valence-electron chi connectivity index (χ1n) is 11.9. The molecule has 1 N–H and O–H groups in total. The third kappa shape index (κ3) is 4.71. The fourth-order valence-corrected chi connectivity index (χ4v) is 4.10. The molecule has 0 bridgehead atoms. The fourth-order valence-electron chi connectivity index (χ4n) is 4.10. The molecule has 37 heavy (non-hydrogen) atoms. The molecule has 0 saturated carbocycles. The Labute approximate surface area is 212 Å². The lowest BCUT2D eigenvalue weighted by Crippen LogP contribution is -2.24.